The van der Waals surface area contributed by atoms with Crippen LogP contribution in [0.25, 0.3) is 0 Å². The van der Waals surface area contributed by atoms with Crippen molar-refractivity contribution < 1.29 is 35.9 Å². The second-order valence-electron chi connectivity index (χ2n) is 24.6. The summed E-state index contributed by atoms with van der Waals surface area (Å²) >= 11 is 0. The Morgan fingerprint density at radius 3 is 1.30 bits per heavy atom. The van der Waals surface area contributed by atoms with Crippen molar-refractivity contribution in [2.45, 2.75) is 250 Å². The highest BCUT2D eigenvalue weighted by atomic mass is 32.2. The maximum Gasteiger partial charge on any atom is 0.333 e. The standard InChI is InChI=1S/C54H86N2O8S2/c1-6-52(49(58)64-47-36-41-30-34-54(47,51(41,4)5)38-66(61,62)56(44-23-15-9-16-24-44)45-25-17-10-18-26-45)31-27-39(28-32-52)48(57)63-46-35-40-29-33-53(46,50(40,2)3)37-65(59,60)55(42-19-11-7-12-20-42)43-21-13-8-14-22-43/h6,27,40-47H,1,7-26,28-38H2,2-5H3/t40-,41-,46-,47-,52?,53-,54-/m1/s1. The number of carbonyl (C=O) groups is 2. The van der Waals surface area contributed by atoms with Crippen LogP contribution in [0.15, 0.2) is 24.3 Å². The molecule has 0 radical (unpaired) electrons. The Morgan fingerprint density at radius 2 is 0.970 bits per heavy atom. The summed E-state index contributed by atoms with van der Waals surface area (Å²) in [5, 5.41) is 0. The molecule has 66 heavy (non-hydrogen) atoms. The van der Waals surface area contributed by atoms with Crippen LogP contribution in [0, 0.1) is 38.9 Å². The van der Waals surface area contributed by atoms with Gasteiger partial charge in [-0.05, 0) is 132 Å². The SMILES string of the molecule is C=CC1(C(=O)O[C@@H]2C[C@H]3CC[C@]2(CS(=O)(=O)N(C2CCCCC2)C2CCCCC2)C3(C)C)CC=C(C(=O)O[C@@H]2C[C@H]3CC[C@]2(CS(=O)(=O)N(C2CCCCC2)C2CCCCC2)C3(C)C)CC1. The van der Waals surface area contributed by atoms with Crippen LogP contribution in [0.3, 0.4) is 0 Å². The van der Waals surface area contributed by atoms with E-state index in [9.17, 15) is 18.0 Å². The molecule has 8 saturated carbocycles. The monoisotopic (exact) mass is 955 g/mol. The second-order valence-corrected chi connectivity index (χ2v) is 28.4. The highest BCUT2D eigenvalue weighted by Gasteiger charge is 2.69. The van der Waals surface area contributed by atoms with Crippen LogP contribution < -0.4 is 0 Å². The fraction of sp³-hybridized carbons (Fsp3) is 0.889. The van der Waals surface area contributed by atoms with Gasteiger partial charge in [-0.25, -0.2) is 21.6 Å². The van der Waals surface area contributed by atoms with Crippen LogP contribution in [0.4, 0.5) is 0 Å². The Hall–Kier alpha value is -1.76. The fourth-order valence-electron chi connectivity index (χ4n) is 16.6. The Bertz CT molecular complexity index is 2020. The molecule has 0 heterocycles. The number of nitrogens with zero attached hydrogens (tertiary/aromatic N) is 2. The molecule has 1 unspecified atom stereocenters. The predicted octanol–water partition coefficient (Wildman–Crippen LogP) is 11.3. The predicted molar refractivity (Wildman–Crippen MR) is 260 cm³/mol. The second kappa shape index (κ2) is 18.8. The molecule has 0 saturated heterocycles. The highest BCUT2D eigenvalue weighted by molar-refractivity contribution is 7.89. The average molecular weight is 955 g/mol. The summed E-state index contributed by atoms with van der Waals surface area (Å²) in [6.07, 6.45) is 28.8. The lowest BCUT2D eigenvalue weighted by atomic mass is 9.69. The molecule has 4 bridgehead atoms. The summed E-state index contributed by atoms with van der Waals surface area (Å²) in [6, 6.07) is 0.238. The van der Waals surface area contributed by atoms with E-state index in [-0.39, 0.29) is 70.7 Å². The summed E-state index contributed by atoms with van der Waals surface area (Å²) in [4.78, 5) is 28.9. The number of fused-ring (bicyclic) bond motifs is 4. The first kappa shape index (κ1) is 49.2. The van der Waals surface area contributed by atoms with Gasteiger partial charge in [0.05, 0.1) is 16.9 Å². The van der Waals surface area contributed by atoms with Crippen molar-refractivity contribution in [1.29, 1.82) is 0 Å². The first-order valence-electron chi connectivity index (χ1n) is 27.2. The van der Waals surface area contributed by atoms with Gasteiger partial charge in [0.25, 0.3) is 0 Å². The first-order valence-corrected chi connectivity index (χ1v) is 30.4. The first-order chi connectivity index (χ1) is 31.4. The van der Waals surface area contributed by atoms with Crippen LogP contribution in [-0.2, 0) is 39.1 Å². The molecule has 0 amide bonds. The van der Waals surface area contributed by atoms with Gasteiger partial charge in [0.2, 0.25) is 20.0 Å². The Morgan fingerprint density at radius 1 is 0.591 bits per heavy atom. The zero-order chi connectivity index (χ0) is 46.8. The molecule has 7 atom stereocenters. The zero-order valence-corrected chi connectivity index (χ0v) is 43.0. The maximum absolute atomic E-state index is 15.0. The molecule has 0 N–H and O–H groups in total. The van der Waals surface area contributed by atoms with Crippen molar-refractivity contribution in [1.82, 2.24) is 8.61 Å². The number of sulfonamides is 2. The minimum absolute atomic E-state index is 0.0201. The Kier molecular flexibility index (Phi) is 14.0. The molecular formula is C54H86N2O8S2. The third-order valence-electron chi connectivity index (χ3n) is 21.1. The molecule has 0 aromatic rings. The topological polar surface area (TPSA) is 127 Å². The van der Waals surface area contributed by atoms with Gasteiger partial charge in [0.1, 0.15) is 12.2 Å². The number of ether oxygens (including phenoxy) is 2. The van der Waals surface area contributed by atoms with Crippen LogP contribution in [-0.4, -0.2) is 85.3 Å². The van der Waals surface area contributed by atoms with Crippen molar-refractivity contribution >= 4 is 32.0 Å². The molecule has 8 fully saturated rings. The van der Waals surface area contributed by atoms with Gasteiger partial charge >= 0.3 is 11.9 Å². The molecule has 0 aromatic carbocycles. The molecule has 0 aliphatic heterocycles. The summed E-state index contributed by atoms with van der Waals surface area (Å²) in [7, 11) is -7.34. The van der Waals surface area contributed by atoms with Gasteiger partial charge in [0, 0.05) is 40.6 Å². The number of rotatable bonds is 15. The van der Waals surface area contributed by atoms with Gasteiger partial charge in [-0.3, -0.25) is 4.79 Å². The highest BCUT2D eigenvalue weighted by Crippen LogP contribution is 2.69. The van der Waals surface area contributed by atoms with Crippen LogP contribution in [0.5, 0.6) is 0 Å². The number of carbonyl (C=O) groups excluding carboxylic acids is 2. The maximum atomic E-state index is 15.0. The normalized spacial score (nSPS) is 36.7. The van der Waals surface area contributed by atoms with E-state index in [4.69, 9.17) is 9.47 Å². The summed E-state index contributed by atoms with van der Waals surface area (Å²) < 4.78 is 77.3. The molecule has 9 rings (SSSR count). The number of hydrogen-bond donors (Lipinski definition) is 0. The summed E-state index contributed by atoms with van der Waals surface area (Å²) in [6.45, 7) is 13.0. The van der Waals surface area contributed by atoms with Crippen molar-refractivity contribution in [3.8, 4) is 0 Å². The summed E-state index contributed by atoms with van der Waals surface area (Å²) in [5.41, 5.74) is -2.48. The van der Waals surface area contributed by atoms with Crippen LogP contribution in [0.2, 0.25) is 0 Å². The smallest absolute Gasteiger partial charge is 0.333 e. The minimum Gasteiger partial charge on any atom is -0.461 e. The van der Waals surface area contributed by atoms with Crippen molar-refractivity contribution in [3.05, 3.63) is 24.3 Å². The van der Waals surface area contributed by atoms with Gasteiger partial charge in [-0.2, -0.15) is 8.61 Å². The molecule has 372 valence electrons. The van der Waals surface area contributed by atoms with E-state index in [1.807, 2.05) is 14.7 Å². The Balaban J connectivity index is 0.900. The lowest BCUT2D eigenvalue weighted by Gasteiger charge is -2.46. The third-order valence-corrected chi connectivity index (χ3v) is 25.3. The molecule has 0 aromatic heterocycles. The average Bonchev–Trinajstić information content (AvgIpc) is 3.84. The quantitative estimate of drug-likeness (QED) is 0.117. The molecule has 9 aliphatic carbocycles. The van der Waals surface area contributed by atoms with E-state index in [1.165, 1.54) is 25.7 Å². The van der Waals surface area contributed by atoms with Crippen molar-refractivity contribution in [2.75, 3.05) is 11.5 Å². The molecular weight excluding hydrogens is 869 g/mol. The lowest BCUT2D eigenvalue weighted by molar-refractivity contribution is -0.167. The molecule has 0 spiro atoms. The molecule has 10 nitrogen and oxygen atoms in total. The number of esters is 2. The van der Waals surface area contributed by atoms with Crippen molar-refractivity contribution in [3.63, 3.8) is 0 Å². The van der Waals surface area contributed by atoms with Gasteiger partial charge in [-0.1, -0.05) is 117 Å². The van der Waals surface area contributed by atoms with Crippen LogP contribution >= 0.6 is 0 Å². The fourth-order valence-corrected chi connectivity index (χ4v) is 22.3. The third kappa shape index (κ3) is 8.55. The number of hydrogen-bond acceptors (Lipinski definition) is 8. The Labute approximate surface area is 399 Å². The van der Waals surface area contributed by atoms with Crippen LogP contribution in [0.1, 0.15) is 214 Å². The van der Waals surface area contributed by atoms with E-state index in [0.717, 1.165) is 128 Å². The van der Waals surface area contributed by atoms with Gasteiger partial charge in [0.15, 0.2) is 0 Å². The van der Waals surface area contributed by atoms with E-state index in [1.54, 1.807) is 6.08 Å². The summed E-state index contributed by atoms with van der Waals surface area (Å²) in [5.74, 6) is -0.175. The minimum atomic E-state index is -3.68. The van der Waals surface area contributed by atoms with Gasteiger partial charge < -0.3 is 9.47 Å². The van der Waals surface area contributed by atoms with Gasteiger partial charge in [-0.15, -0.1) is 6.58 Å². The molecule has 12 heteroatoms. The van der Waals surface area contributed by atoms with E-state index < -0.39 is 54.5 Å². The van der Waals surface area contributed by atoms with Crippen molar-refractivity contribution in [2.24, 2.45) is 38.9 Å². The van der Waals surface area contributed by atoms with E-state index in [0.29, 0.717) is 31.3 Å². The van der Waals surface area contributed by atoms with E-state index in [2.05, 4.69) is 34.3 Å². The molecule has 9 aliphatic rings. The number of allylic oxidation sites excluding steroid dienone is 1. The van der Waals surface area contributed by atoms with E-state index >= 15 is 8.42 Å². The largest absolute Gasteiger partial charge is 0.461 e. The lowest BCUT2D eigenvalue weighted by Crippen LogP contribution is -2.55. The zero-order valence-electron chi connectivity index (χ0n) is 41.4.